The summed E-state index contributed by atoms with van der Waals surface area (Å²) in [6.07, 6.45) is 0.432. The molecule has 0 spiro atoms. The van der Waals surface area contributed by atoms with Crippen LogP contribution < -0.4 is 5.32 Å². The summed E-state index contributed by atoms with van der Waals surface area (Å²) in [6, 6.07) is 17.3. The Morgan fingerprint density at radius 1 is 1.07 bits per heavy atom. The number of hydrogen-bond donors (Lipinski definition) is 1. The lowest BCUT2D eigenvalue weighted by molar-refractivity contribution is -0.116. The number of nitrogens with zero attached hydrogens (tertiary/aromatic N) is 1. The maximum absolute atomic E-state index is 12.2. The fourth-order valence-corrected chi connectivity index (χ4v) is 5.20. The van der Waals surface area contributed by atoms with E-state index in [1.807, 2.05) is 35.7 Å². The number of carbonyl (C=O) groups excluding carboxylic acids is 1. The fourth-order valence-electron chi connectivity index (χ4n) is 3.04. The van der Waals surface area contributed by atoms with E-state index in [1.165, 1.54) is 16.9 Å². The van der Waals surface area contributed by atoms with Crippen molar-refractivity contribution in [2.24, 2.45) is 0 Å². The Morgan fingerprint density at radius 2 is 1.77 bits per heavy atom. The second kappa shape index (κ2) is 10.00. The molecule has 0 saturated heterocycles. The first-order valence-electron chi connectivity index (χ1n) is 9.92. The Kier molecular flexibility index (Phi) is 7.39. The van der Waals surface area contributed by atoms with Gasteiger partial charge in [-0.15, -0.1) is 11.3 Å². The van der Waals surface area contributed by atoms with Crippen molar-refractivity contribution in [2.45, 2.75) is 38.4 Å². The summed E-state index contributed by atoms with van der Waals surface area (Å²) >= 11 is 1.36. The Morgan fingerprint density at radius 3 is 2.43 bits per heavy atom. The van der Waals surface area contributed by atoms with Gasteiger partial charge in [-0.1, -0.05) is 68.4 Å². The summed E-state index contributed by atoms with van der Waals surface area (Å²) in [7, 11) is -3.24. The number of benzene rings is 2. The van der Waals surface area contributed by atoms with E-state index in [1.54, 1.807) is 12.1 Å². The molecular weight excluding hydrogens is 416 g/mol. The SMILES string of the molecule is CC(C)c1ccc(-c2csc(NC(=O)CCCS(=O)(=O)Cc3ccccc3)n2)cc1. The molecule has 0 radical (unpaired) electrons. The van der Waals surface area contributed by atoms with E-state index in [2.05, 4.69) is 36.3 Å². The Hall–Kier alpha value is -2.51. The first-order valence-corrected chi connectivity index (χ1v) is 12.6. The number of anilines is 1. The number of amides is 1. The lowest BCUT2D eigenvalue weighted by Crippen LogP contribution is -2.15. The van der Waals surface area contributed by atoms with Gasteiger partial charge < -0.3 is 5.32 Å². The Labute approximate surface area is 182 Å². The van der Waals surface area contributed by atoms with Crippen LogP contribution in [0.25, 0.3) is 11.3 Å². The summed E-state index contributed by atoms with van der Waals surface area (Å²) in [5.41, 5.74) is 3.85. The van der Waals surface area contributed by atoms with Crippen LogP contribution in [0.4, 0.5) is 5.13 Å². The predicted molar refractivity (Wildman–Crippen MR) is 123 cm³/mol. The van der Waals surface area contributed by atoms with E-state index in [-0.39, 0.29) is 30.3 Å². The van der Waals surface area contributed by atoms with Gasteiger partial charge in [-0.3, -0.25) is 4.79 Å². The molecule has 1 amide bonds. The highest BCUT2D eigenvalue weighted by Gasteiger charge is 2.14. The molecule has 1 aromatic heterocycles. The van der Waals surface area contributed by atoms with Crippen molar-refractivity contribution >= 4 is 32.2 Å². The highest BCUT2D eigenvalue weighted by Crippen LogP contribution is 2.26. The first-order chi connectivity index (χ1) is 14.3. The average Bonchev–Trinajstić information content (AvgIpc) is 3.16. The van der Waals surface area contributed by atoms with Crippen LogP contribution in [0, 0.1) is 0 Å². The third kappa shape index (κ3) is 6.50. The zero-order valence-electron chi connectivity index (χ0n) is 17.2. The molecule has 2 aromatic carbocycles. The van der Waals surface area contributed by atoms with Crippen LogP contribution in [0.3, 0.4) is 0 Å². The average molecular weight is 443 g/mol. The maximum atomic E-state index is 12.2. The lowest BCUT2D eigenvalue weighted by atomic mass is 10.0. The molecule has 0 atom stereocenters. The van der Waals surface area contributed by atoms with Gasteiger partial charge >= 0.3 is 0 Å². The van der Waals surface area contributed by atoms with Crippen LogP contribution in [0.5, 0.6) is 0 Å². The molecule has 0 aliphatic heterocycles. The van der Waals surface area contributed by atoms with Gasteiger partial charge in [0.25, 0.3) is 0 Å². The van der Waals surface area contributed by atoms with Crippen molar-refractivity contribution in [2.75, 3.05) is 11.1 Å². The van der Waals surface area contributed by atoms with Gasteiger partial charge in [0.1, 0.15) is 0 Å². The van der Waals surface area contributed by atoms with Crippen LogP contribution in [-0.2, 0) is 20.4 Å². The van der Waals surface area contributed by atoms with E-state index in [4.69, 9.17) is 0 Å². The van der Waals surface area contributed by atoms with Crippen molar-refractivity contribution in [3.05, 3.63) is 71.1 Å². The summed E-state index contributed by atoms with van der Waals surface area (Å²) in [5.74, 6) is 0.239. The third-order valence-electron chi connectivity index (χ3n) is 4.71. The monoisotopic (exact) mass is 442 g/mol. The molecule has 0 aliphatic carbocycles. The molecule has 7 heteroatoms. The van der Waals surface area contributed by atoms with Gasteiger partial charge in [0.05, 0.1) is 17.2 Å². The largest absolute Gasteiger partial charge is 0.302 e. The van der Waals surface area contributed by atoms with Crippen LogP contribution in [0.1, 0.15) is 43.7 Å². The van der Waals surface area contributed by atoms with Gasteiger partial charge in [-0.05, 0) is 23.5 Å². The highest BCUT2D eigenvalue weighted by molar-refractivity contribution is 7.90. The summed E-state index contributed by atoms with van der Waals surface area (Å²) in [4.78, 5) is 16.7. The van der Waals surface area contributed by atoms with Crippen molar-refractivity contribution in [1.82, 2.24) is 4.98 Å². The zero-order chi connectivity index (χ0) is 21.6. The molecule has 0 aliphatic rings. The molecule has 5 nitrogen and oxygen atoms in total. The molecule has 0 unspecified atom stereocenters. The van der Waals surface area contributed by atoms with E-state index >= 15 is 0 Å². The topological polar surface area (TPSA) is 76.1 Å². The molecule has 3 aromatic rings. The molecule has 0 saturated carbocycles. The van der Waals surface area contributed by atoms with Gasteiger partial charge in [0.2, 0.25) is 5.91 Å². The molecule has 3 rings (SSSR count). The molecular formula is C23H26N2O3S2. The van der Waals surface area contributed by atoms with Crippen LogP contribution in [0.2, 0.25) is 0 Å². The highest BCUT2D eigenvalue weighted by atomic mass is 32.2. The van der Waals surface area contributed by atoms with Gasteiger partial charge in [0, 0.05) is 17.4 Å². The second-order valence-electron chi connectivity index (χ2n) is 7.54. The number of aromatic nitrogens is 1. The molecule has 0 fully saturated rings. The van der Waals surface area contributed by atoms with Crippen LogP contribution in [-0.4, -0.2) is 25.1 Å². The van der Waals surface area contributed by atoms with E-state index < -0.39 is 9.84 Å². The number of carbonyl (C=O) groups is 1. The van der Waals surface area contributed by atoms with E-state index in [0.29, 0.717) is 11.0 Å². The minimum absolute atomic E-state index is 0.000891. The molecule has 158 valence electrons. The lowest BCUT2D eigenvalue weighted by Gasteiger charge is -2.06. The minimum Gasteiger partial charge on any atom is -0.302 e. The Bertz CT molecular complexity index is 1070. The molecule has 30 heavy (non-hydrogen) atoms. The smallest absolute Gasteiger partial charge is 0.226 e. The normalized spacial score (nSPS) is 11.6. The number of nitrogens with one attached hydrogen (secondary N) is 1. The van der Waals surface area contributed by atoms with E-state index in [9.17, 15) is 13.2 Å². The van der Waals surface area contributed by atoms with Crippen molar-refractivity contribution < 1.29 is 13.2 Å². The maximum Gasteiger partial charge on any atom is 0.226 e. The van der Waals surface area contributed by atoms with Crippen molar-refractivity contribution in [3.63, 3.8) is 0 Å². The molecule has 1 N–H and O–H groups in total. The quantitative estimate of drug-likeness (QED) is 0.490. The number of sulfone groups is 1. The summed E-state index contributed by atoms with van der Waals surface area (Å²) < 4.78 is 24.4. The Balaban J connectivity index is 1.48. The van der Waals surface area contributed by atoms with Crippen LogP contribution >= 0.6 is 11.3 Å². The summed E-state index contributed by atoms with van der Waals surface area (Å²) in [5, 5.41) is 5.20. The van der Waals surface area contributed by atoms with Crippen molar-refractivity contribution in [1.29, 1.82) is 0 Å². The standard InChI is InChI=1S/C23H26N2O3S2/c1-17(2)19-10-12-20(13-11-19)21-15-29-23(24-21)25-22(26)9-6-14-30(27,28)16-18-7-4-3-5-8-18/h3-5,7-8,10-13,15,17H,6,9,14,16H2,1-2H3,(H,24,25,26). The number of hydrogen-bond acceptors (Lipinski definition) is 5. The first kappa shape index (κ1) is 22.2. The fraction of sp³-hybridized carbons (Fsp3) is 0.304. The predicted octanol–water partition coefficient (Wildman–Crippen LogP) is 5.27. The number of rotatable bonds is 9. The number of thiazole rings is 1. The third-order valence-corrected chi connectivity index (χ3v) is 7.15. The van der Waals surface area contributed by atoms with E-state index in [0.717, 1.165) is 16.8 Å². The van der Waals surface area contributed by atoms with Gasteiger partial charge in [-0.2, -0.15) is 0 Å². The van der Waals surface area contributed by atoms with Crippen molar-refractivity contribution in [3.8, 4) is 11.3 Å². The minimum atomic E-state index is -3.24. The zero-order valence-corrected chi connectivity index (χ0v) is 18.8. The molecule has 0 bridgehead atoms. The second-order valence-corrected chi connectivity index (χ2v) is 10.6. The summed E-state index contributed by atoms with van der Waals surface area (Å²) in [6.45, 7) is 4.30. The van der Waals surface area contributed by atoms with Gasteiger partial charge in [-0.25, -0.2) is 13.4 Å². The van der Waals surface area contributed by atoms with Crippen LogP contribution in [0.15, 0.2) is 60.0 Å². The van der Waals surface area contributed by atoms with Gasteiger partial charge in [0.15, 0.2) is 15.0 Å². The molecule has 1 heterocycles.